The average Bonchev–Trinajstić information content (AvgIpc) is 2.30. The number of phenols is 1. The molecule has 0 radical (unpaired) electrons. The zero-order valence-electron chi connectivity index (χ0n) is 9.32. The number of phenolic OH excluding ortho intramolecular Hbond substituents is 1. The molecule has 5 N–H and O–H groups in total. The number of pyridine rings is 1. The minimum absolute atomic E-state index is 0. The van der Waals surface area contributed by atoms with E-state index < -0.39 is 0 Å². The number of azo groups is 1. The van der Waals surface area contributed by atoms with Gasteiger partial charge in [0.15, 0.2) is 5.82 Å². The largest absolute Gasteiger partial charge is 0.506 e. The molecule has 7 heteroatoms. The van der Waals surface area contributed by atoms with E-state index in [0.717, 1.165) is 0 Å². The number of hydrogen-bond donors (Lipinski definition) is 3. The number of aromatic hydroxyl groups is 1. The normalized spacial score (nSPS) is 10.2. The van der Waals surface area contributed by atoms with Crippen molar-refractivity contribution in [1.82, 2.24) is 4.98 Å². The van der Waals surface area contributed by atoms with Gasteiger partial charge in [0.25, 0.3) is 0 Å². The summed E-state index contributed by atoms with van der Waals surface area (Å²) in [5.41, 5.74) is 11.8. The molecule has 6 nitrogen and oxygen atoms in total. The van der Waals surface area contributed by atoms with E-state index >= 15 is 0 Å². The van der Waals surface area contributed by atoms with Crippen LogP contribution in [0.2, 0.25) is 0 Å². The van der Waals surface area contributed by atoms with Crippen molar-refractivity contribution in [1.29, 1.82) is 0 Å². The van der Waals surface area contributed by atoms with Crippen LogP contribution in [0.3, 0.4) is 0 Å². The van der Waals surface area contributed by atoms with Crippen molar-refractivity contribution in [3.8, 4) is 5.75 Å². The fourth-order valence-corrected chi connectivity index (χ4v) is 1.22. The molecule has 0 saturated carbocycles. The number of nitrogens with zero attached hydrogens (tertiary/aromatic N) is 3. The third kappa shape index (κ3) is 3.08. The lowest BCUT2D eigenvalue weighted by molar-refractivity contribution is 0.476. The average molecular weight is 266 g/mol. The lowest BCUT2D eigenvalue weighted by Gasteiger charge is -1.99. The van der Waals surface area contributed by atoms with Crippen LogP contribution in [-0.4, -0.2) is 10.1 Å². The molecule has 94 valence electrons. The molecular weight excluding hydrogens is 254 g/mol. The van der Waals surface area contributed by atoms with E-state index in [1.54, 1.807) is 30.3 Å². The summed E-state index contributed by atoms with van der Waals surface area (Å²) in [5, 5.41) is 17.3. The first-order valence-electron chi connectivity index (χ1n) is 4.88. The number of nitrogen functional groups attached to an aromatic ring is 2. The molecule has 0 spiro atoms. The predicted octanol–water partition coefficient (Wildman–Crippen LogP) is 2.79. The second kappa shape index (κ2) is 5.83. The van der Waals surface area contributed by atoms with E-state index in [0.29, 0.717) is 17.2 Å². The Balaban J connectivity index is 0.00000162. The molecule has 2 rings (SSSR count). The summed E-state index contributed by atoms with van der Waals surface area (Å²) in [7, 11) is 0. The maximum absolute atomic E-state index is 9.48. The van der Waals surface area contributed by atoms with Gasteiger partial charge in [0.1, 0.15) is 22.9 Å². The fraction of sp³-hybridized carbons (Fsp3) is 0. The lowest BCUT2D eigenvalue weighted by atomic mass is 10.3. The third-order valence-corrected chi connectivity index (χ3v) is 2.07. The first-order chi connectivity index (χ1) is 8.16. The highest BCUT2D eigenvalue weighted by Crippen LogP contribution is 2.28. The number of hydrogen-bond acceptors (Lipinski definition) is 6. The van der Waals surface area contributed by atoms with Crippen molar-refractivity contribution in [2.75, 3.05) is 11.5 Å². The van der Waals surface area contributed by atoms with Crippen molar-refractivity contribution in [2.45, 2.75) is 0 Å². The molecule has 0 aliphatic heterocycles. The lowest BCUT2D eigenvalue weighted by Crippen LogP contribution is -1.95. The van der Waals surface area contributed by atoms with Gasteiger partial charge < -0.3 is 16.6 Å². The molecule has 0 atom stereocenters. The Bertz CT molecular complexity index is 573. The minimum atomic E-state index is 0. The molecule has 0 unspecified atom stereocenters. The van der Waals surface area contributed by atoms with E-state index in [4.69, 9.17) is 11.5 Å². The monoisotopic (exact) mass is 265 g/mol. The topological polar surface area (TPSA) is 110 Å². The number of rotatable bonds is 2. The van der Waals surface area contributed by atoms with Crippen LogP contribution in [-0.2, 0) is 0 Å². The predicted molar refractivity (Wildman–Crippen MR) is 72.6 cm³/mol. The second-order valence-electron chi connectivity index (χ2n) is 3.33. The Labute approximate surface area is 110 Å². The molecule has 1 aromatic carbocycles. The Hall–Kier alpha value is -2.34. The summed E-state index contributed by atoms with van der Waals surface area (Å²) in [4.78, 5) is 3.85. The van der Waals surface area contributed by atoms with E-state index in [-0.39, 0.29) is 24.0 Å². The van der Waals surface area contributed by atoms with Gasteiger partial charge in [-0.1, -0.05) is 12.1 Å². The van der Waals surface area contributed by atoms with Crippen LogP contribution in [0.25, 0.3) is 0 Å². The second-order valence-corrected chi connectivity index (χ2v) is 3.33. The van der Waals surface area contributed by atoms with Gasteiger partial charge in [-0.15, -0.1) is 22.6 Å². The smallest absolute Gasteiger partial charge is 0.153 e. The number of anilines is 2. The highest BCUT2D eigenvalue weighted by Gasteiger charge is 2.00. The van der Waals surface area contributed by atoms with E-state index in [1.165, 1.54) is 6.07 Å². The highest BCUT2D eigenvalue weighted by molar-refractivity contribution is 5.85. The van der Waals surface area contributed by atoms with Gasteiger partial charge in [0.05, 0.1) is 0 Å². The van der Waals surface area contributed by atoms with Gasteiger partial charge in [0.2, 0.25) is 0 Å². The highest BCUT2D eigenvalue weighted by atomic mass is 35.5. The molecule has 18 heavy (non-hydrogen) atoms. The van der Waals surface area contributed by atoms with Gasteiger partial charge in [-0.05, 0) is 24.3 Å². The molecule has 0 aliphatic carbocycles. The van der Waals surface area contributed by atoms with Crippen LogP contribution in [0.5, 0.6) is 5.75 Å². The number of aromatic nitrogens is 1. The van der Waals surface area contributed by atoms with Gasteiger partial charge in [-0.3, -0.25) is 0 Å². The maximum Gasteiger partial charge on any atom is 0.153 e. The van der Waals surface area contributed by atoms with Crippen molar-refractivity contribution < 1.29 is 5.11 Å². The molecule has 0 amide bonds. The number of nitrogens with two attached hydrogens (primary N) is 2. The summed E-state index contributed by atoms with van der Waals surface area (Å²) < 4.78 is 0. The summed E-state index contributed by atoms with van der Waals surface area (Å²) in [6, 6.07) is 9.81. The standard InChI is InChI=1S/C11H11N5O.ClH/c12-10-6-5-8(11(13)14-10)16-15-7-3-1-2-4-9(7)17;/h1-6,17H,(H4,12,13,14);1H. The molecule has 1 aromatic heterocycles. The molecule has 1 heterocycles. The van der Waals surface area contributed by atoms with Crippen molar-refractivity contribution in [3.05, 3.63) is 36.4 Å². The van der Waals surface area contributed by atoms with Crippen LogP contribution in [0.4, 0.5) is 23.0 Å². The first kappa shape index (κ1) is 13.7. The molecular formula is C11H12ClN5O. The van der Waals surface area contributed by atoms with E-state index in [2.05, 4.69) is 15.2 Å². The summed E-state index contributed by atoms with van der Waals surface area (Å²) in [6.45, 7) is 0. The van der Waals surface area contributed by atoms with Gasteiger partial charge >= 0.3 is 0 Å². The van der Waals surface area contributed by atoms with E-state index in [1.807, 2.05) is 0 Å². The number of benzene rings is 1. The van der Waals surface area contributed by atoms with Crippen molar-refractivity contribution >= 4 is 35.4 Å². The van der Waals surface area contributed by atoms with Crippen LogP contribution in [0.15, 0.2) is 46.6 Å². The maximum atomic E-state index is 9.48. The van der Waals surface area contributed by atoms with Crippen molar-refractivity contribution in [3.63, 3.8) is 0 Å². The zero-order chi connectivity index (χ0) is 12.3. The summed E-state index contributed by atoms with van der Waals surface area (Å²) in [6.07, 6.45) is 0. The Morgan fingerprint density at radius 2 is 1.61 bits per heavy atom. The van der Waals surface area contributed by atoms with Crippen LogP contribution < -0.4 is 11.5 Å². The Morgan fingerprint density at radius 3 is 2.28 bits per heavy atom. The van der Waals surface area contributed by atoms with Gasteiger partial charge in [-0.2, -0.15) is 0 Å². The zero-order valence-corrected chi connectivity index (χ0v) is 10.1. The SMILES string of the molecule is Cl.Nc1ccc(N=Nc2ccccc2O)c(N)n1. The summed E-state index contributed by atoms with van der Waals surface area (Å²) in [5.74, 6) is 0.575. The minimum Gasteiger partial charge on any atom is -0.506 e. The van der Waals surface area contributed by atoms with Gasteiger partial charge in [0, 0.05) is 0 Å². The van der Waals surface area contributed by atoms with Crippen LogP contribution in [0.1, 0.15) is 0 Å². The molecule has 2 aromatic rings. The Kier molecular flexibility index (Phi) is 4.45. The molecule has 0 aliphatic rings. The molecule has 0 bridgehead atoms. The first-order valence-corrected chi connectivity index (χ1v) is 4.88. The van der Waals surface area contributed by atoms with Crippen LogP contribution >= 0.6 is 12.4 Å². The molecule has 0 fully saturated rings. The van der Waals surface area contributed by atoms with E-state index in [9.17, 15) is 5.11 Å². The van der Waals surface area contributed by atoms with Crippen LogP contribution in [0, 0.1) is 0 Å². The molecule has 0 saturated heterocycles. The fourth-order valence-electron chi connectivity index (χ4n) is 1.22. The Morgan fingerprint density at radius 1 is 0.944 bits per heavy atom. The quantitative estimate of drug-likeness (QED) is 0.725. The summed E-state index contributed by atoms with van der Waals surface area (Å²) >= 11 is 0. The van der Waals surface area contributed by atoms with Gasteiger partial charge in [-0.25, -0.2) is 4.98 Å². The number of para-hydroxylation sites is 1. The third-order valence-electron chi connectivity index (χ3n) is 2.07. The van der Waals surface area contributed by atoms with Crippen molar-refractivity contribution in [2.24, 2.45) is 10.2 Å². The number of halogens is 1.